The molecular weight excluding hydrogens is 346 g/mol. The lowest BCUT2D eigenvalue weighted by Crippen LogP contribution is -2.25. The van der Waals surface area contributed by atoms with E-state index in [0.717, 1.165) is 43.1 Å². The number of nitrogens with zero attached hydrogens (tertiary/aromatic N) is 3. The Bertz CT molecular complexity index is 1130. The van der Waals surface area contributed by atoms with Crippen LogP contribution in [0.5, 0.6) is 0 Å². The molecule has 0 aliphatic carbocycles. The Morgan fingerprint density at radius 2 is 2.04 bits per heavy atom. The van der Waals surface area contributed by atoms with E-state index >= 15 is 0 Å². The van der Waals surface area contributed by atoms with Gasteiger partial charge in [-0.3, -0.25) is 14.9 Å². The Kier molecular flexibility index (Phi) is 4.29. The molecule has 0 bridgehead atoms. The number of nitrogens with one attached hydrogen (secondary N) is 2. The first-order valence-electron chi connectivity index (χ1n) is 9.69. The maximum absolute atomic E-state index is 4.72. The van der Waals surface area contributed by atoms with Gasteiger partial charge in [0.05, 0.1) is 5.69 Å². The molecule has 28 heavy (non-hydrogen) atoms. The van der Waals surface area contributed by atoms with Crippen LogP contribution < -0.4 is 5.32 Å². The van der Waals surface area contributed by atoms with E-state index in [1.807, 2.05) is 31.6 Å². The fourth-order valence-corrected chi connectivity index (χ4v) is 3.90. The minimum atomic E-state index is 0.899. The number of benzene rings is 1. The van der Waals surface area contributed by atoms with Crippen molar-refractivity contribution in [2.45, 2.75) is 20.0 Å². The van der Waals surface area contributed by atoms with Crippen LogP contribution in [0.15, 0.2) is 61.1 Å². The van der Waals surface area contributed by atoms with Gasteiger partial charge in [0, 0.05) is 72.8 Å². The summed E-state index contributed by atoms with van der Waals surface area (Å²) in [4.78, 5) is 14.7. The van der Waals surface area contributed by atoms with E-state index in [1.165, 1.54) is 27.7 Å². The van der Waals surface area contributed by atoms with Crippen LogP contribution in [-0.4, -0.2) is 32.9 Å². The molecule has 0 saturated heterocycles. The summed E-state index contributed by atoms with van der Waals surface area (Å²) in [6.45, 7) is 5.78. The lowest BCUT2D eigenvalue weighted by atomic mass is 10.1. The van der Waals surface area contributed by atoms with Crippen LogP contribution in [0.2, 0.25) is 0 Å². The van der Waals surface area contributed by atoms with Crippen molar-refractivity contribution in [2.75, 3.05) is 18.4 Å². The van der Waals surface area contributed by atoms with Crippen molar-refractivity contribution >= 4 is 16.6 Å². The molecule has 0 fully saturated rings. The molecule has 4 heterocycles. The first-order chi connectivity index (χ1) is 13.7. The molecule has 0 amide bonds. The standard InChI is InChI=1S/C23H23N5/c1-16-10-18(4-6-24-16)22-12-23-20(13-27-22)15-28(9-8-26-23)14-17-2-3-21-19(11-17)5-7-25-21/h2-7,10-13,25-26H,8-9,14-15H2,1H3. The molecule has 3 aromatic heterocycles. The van der Waals surface area contributed by atoms with E-state index in [4.69, 9.17) is 4.98 Å². The average Bonchev–Trinajstić information content (AvgIpc) is 3.07. The summed E-state index contributed by atoms with van der Waals surface area (Å²) in [6.07, 6.45) is 5.85. The van der Waals surface area contributed by atoms with Crippen molar-refractivity contribution in [1.82, 2.24) is 19.9 Å². The molecule has 5 rings (SSSR count). The third kappa shape index (κ3) is 3.37. The fraction of sp³-hybridized carbons (Fsp3) is 0.217. The number of anilines is 1. The average molecular weight is 369 g/mol. The fourth-order valence-electron chi connectivity index (χ4n) is 3.90. The molecule has 0 radical (unpaired) electrons. The van der Waals surface area contributed by atoms with Crippen LogP contribution in [0.4, 0.5) is 5.69 Å². The lowest BCUT2D eigenvalue weighted by molar-refractivity contribution is 0.272. The number of aryl methyl sites for hydroxylation is 1. The number of aromatic amines is 1. The molecule has 1 aliphatic rings. The van der Waals surface area contributed by atoms with Crippen LogP contribution in [0, 0.1) is 6.92 Å². The Hall–Kier alpha value is -3.18. The SMILES string of the molecule is Cc1cc(-c2cc3c(cn2)CN(Cc2ccc4[nH]ccc4c2)CCN3)ccn1. The first-order valence-corrected chi connectivity index (χ1v) is 9.69. The Morgan fingerprint density at radius 3 is 2.96 bits per heavy atom. The van der Waals surface area contributed by atoms with E-state index in [1.54, 1.807) is 0 Å². The molecule has 5 heteroatoms. The van der Waals surface area contributed by atoms with Crippen LogP contribution >= 0.6 is 0 Å². The second-order valence-electron chi connectivity index (χ2n) is 7.45. The third-order valence-corrected chi connectivity index (χ3v) is 5.34. The summed E-state index contributed by atoms with van der Waals surface area (Å²) in [5.41, 5.74) is 8.06. The highest BCUT2D eigenvalue weighted by Gasteiger charge is 2.16. The number of rotatable bonds is 3. The Labute approximate surface area is 164 Å². The second-order valence-corrected chi connectivity index (χ2v) is 7.45. The zero-order chi connectivity index (χ0) is 18.9. The number of fused-ring (bicyclic) bond motifs is 2. The summed E-state index contributed by atoms with van der Waals surface area (Å²) in [5.74, 6) is 0. The molecule has 2 N–H and O–H groups in total. The summed E-state index contributed by atoms with van der Waals surface area (Å²) >= 11 is 0. The number of hydrogen-bond donors (Lipinski definition) is 2. The van der Waals surface area contributed by atoms with Gasteiger partial charge < -0.3 is 10.3 Å². The van der Waals surface area contributed by atoms with E-state index in [9.17, 15) is 0 Å². The van der Waals surface area contributed by atoms with Crippen LogP contribution in [0.1, 0.15) is 16.8 Å². The lowest BCUT2D eigenvalue weighted by Gasteiger charge is -2.20. The highest BCUT2D eigenvalue weighted by molar-refractivity contribution is 5.79. The van der Waals surface area contributed by atoms with Gasteiger partial charge in [-0.2, -0.15) is 0 Å². The van der Waals surface area contributed by atoms with E-state index in [2.05, 4.69) is 56.6 Å². The van der Waals surface area contributed by atoms with Crippen LogP contribution in [0.3, 0.4) is 0 Å². The van der Waals surface area contributed by atoms with E-state index in [-0.39, 0.29) is 0 Å². The molecule has 0 spiro atoms. The largest absolute Gasteiger partial charge is 0.383 e. The Balaban J connectivity index is 1.37. The molecule has 0 saturated carbocycles. The topological polar surface area (TPSA) is 56.8 Å². The molecule has 5 nitrogen and oxygen atoms in total. The maximum atomic E-state index is 4.72. The van der Waals surface area contributed by atoms with Gasteiger partial charge in [-0.05, 0) is 54.3 Å². The molecule has 1 aromatic carbocycles. The van der Waals surface area contributed by atoms with Gasteiger partial charge in [0.15, 0.2) is 0 Å². The highest BCUT2D eigenvalue weighted by atomic mass is 15.2. The first kappa shape index (κ1) is 17.0. The summed E-state index contributed by atoms with van der Waals surface area (Å²) in [7, 11) is 0. The van der Waals surface area contributed by atoms with E-state index < -0.39 is 0 Å². The maximum Gasteiger partial charge on any atom is 0.0723 e. The normalized spacial score (nSPS) is 14.5. The van der Waals surface area contributed by atoms with Crippen LogP contribution in [-0.2, 0) is 13.1 Å². The number of H-pyrrole nitrogens is 1. The molecule has 1 aliphatic heterocycles. The smallest absolute Gasteiger partial charge is 0.0723 e. The van der Waals surface area contributed by atoms with Gasteiger partial charge in [-0.1, -0.05) is 6.07 Å². The predicted molar refractivity (Wildman–Crippen MR) is 113 cm³/mol. The predicted octanol–water partition coefficient (Wildman–Crippen LogP) is 4.36. The Morgan fingerprint density at radius 1 is 1.07 bits per heavy atom. The number of aromatic nitrogens is 3. The molecule has 4 aromatic rings. The minimum absolute atomic E-state index is 0.899. The van der Waals surface area contributed by atoms with Crippen molar-refractivity contribution < 1.29 is 0 Å². The van der Waals surface area contributed by atoms with Crippen molar-refractivity contribution in [3.63, 3.8) is 0 Å². The molecule has 0 atom stereocenters. The van der Waals surface area contributed by atoms with Crippen molar-refractivity contribution in [1.29, 1.82) is 0 Å². The quantitative estimate of drug-likeness (QED) is 0.563. The number of hydrogen-bond acceptors (Lipinski definition) is 4. The van der Waals surface area contributed by atoms with Gasteiger partial charge in [0.2, 0.25) is 0 Å². The van der Waals surface area contributed by atoms with Crippen LogP contribution in [0.25, 0.3) is 22.2 Å². The van der Waals surface area contributed by atoms with Gasteiger partial charge in [-0.25, -0.2) is 0 Å². The molecule has 0 unspecified atom stereocenters. The zero-order valence-electron chi connectivity index (χ0n) is 15.9. The number of pyridine rings is 2. The third-order valence-electron chi connectivity index (χ3n) is 5.34. The van der Waals surface area contributed by atoms with Crippen molar-refractivity contribution in [3.05, 3.63) is 77.9 Å². The van der Waals surface area contributed by atoms with Crippen molar-refractivity contribution in [3.8, 4) is 11.3 Å². The van der Waals surface area contributed by atoms with Gasteiger partial charge >= 0.3 is 0 Å². The van der Waals surface area contributed by atoms with E-state index in [0.29, 0.717) is 0 Å². The highest BCUT2D eigenvalue weighted by Crippen LogP contribution is 2.27. The van der Waals surface area contributed by atoms with Gasteiger partial charge in [0.1, 0.15) is 0 Å². The summed E-state index contributed by atoms with van der Waals surface area (Å²) in [5, 5.41) is 4.86. The molecular formula is C23H23N5. The monoisotopic (exact) mass is 369 g/mol. The molecule has 140 valence electrons. The summed E-state index contributed by atoms with van der Waals surface area (Å²) in [6, 6.07) is 15.0. The second kappa shape index (κ2) is 7.09. The van der Waals surface area contributed by atoms with Gasteiger partial charge in [-0.15, -0.1) is 0 Å². The minimum Gasteiger partial charge on any atom is -0.383 e. The zero-order valence-corrected chi connectivity index (χ0v) is 15.9. The van der Waals surface area contributed by atoms with Crippen molar-refractivity contribution in [2.24, 2.45) is 0 Å². The van der Waals surface area contributed by atoms with Gasteiger partial charge in [0.25, 0.3) is 0 Å². The summed E-state index contributed by atoms with van der Waals surface area (Å²) < 4.78 is 0.